The minimum atomic E-state index is -0.0787. The van der Waals surface area contributed by atoms with E-state index in [9.17, 15) is 4.79 Å². The molecule has 0 aromatic heterocycles. The van der Waals surface area contributed by atoms with Gasteiger partial charge in [0.2, 0.25) is 0 Å². The number of benzene rings is 1. The van der Waals surface area contributed by atoms with Crippen LogP contribution in [0.4, 0.5) is 0 Å². The number of nitrogens with one attached hydrogen (secondary N) is 2. The fourth-order valence-corrected chi connectivity index (χ4v) is 1.49. The molecule has 14 heavy (non-hydrogen) atoms. The second kappa shape index (κ2) is 3.82. The minimum absolute atomic E-state index is 0.0787. The molecule has 2 rings (SSSR count). The van der Waals surface area contributed by atoms with E-state index >= 15 is 0 Å². The minimum Gasteiger partial charge on any atom is -0.287 e. The molecular formula is C10H9ClN2O. The average Bonchev–Trinajstić information content (AvgIpc) is 2.52. The summed E-state index contributed by atoms with van der Waals surface area (Å²) in [5, 5.41) is 0.672. The molecule has 3 nitrogen and oxygen atoms in total. The first kappa shape index (κ1) is 9.24. The van der Waals surface area contributed by atoms with Crippen LogP contribution in [-0.4, -0.2) is 12.5 Å². The lowest BCUT2D eigenvalue weighted by molar-refractivity contribution is -0.116. The van der Waals surface area contributed by atoms with Crippen LogP contribution in [-0.2, 0) is 4.79 Å². The first-order valence-electron chi connectivity index (χ1n) is 4.25. The smallest absolute Gasteiger partial charge is 0.262 e. The van der Waals surface area contributed by atoms with Gasteiger partial charge in [-0.3, -0.25) is 10.2 Å². The van der Waals surface area contributed by atoms with Crippen molar-refractivity contribution in [3.63, 3.8) is 0 Å². The number of amides is 1. The number of hydrazine groups is 1. The van der Waals surface area contributed by atoms with E-state index in [1.165, 1.54) is 0 Å². The second-order valence-corrected chi connectivity index (χ2v) is 3.47. The zero-order valence-electron chi connectivity index (χ0n) is 7.38. The van der Waals surface area contributed by atoms with Crippen molar-refractivity contribution in [1.29, 1.82) is 0 Å². The van der Waals surface area contributed by atoms with Crippen LogP contribution in [0.5, 0.6) is 0 Å². The Balaban J connectivity index is 2.28. The zero-order chi connectivity index (χ0) is 9.97. The van der Waals surface area contributed by atoms with Crippen LogP contribution >= 0.6 is 11.6 Å². The van der Waals surface area contributed by atoms with Gasteiger partial charge in [0.1, 0.15) is 0 Å². The number of halogens is 1. The molecule has 1 heterocycles. The standard InChI is InChI=1S/C10H9ClN2O/c11-9-3-1-2-7(5-9)4-8-6-12-13-10(8)14/h1-5,12H,6H2,(H,13,14)/b8-4+. The lowest BCUT2D eigenvalue weighted by Crippen LogP contribution is -2.25. The summed E-state index contributed by atoms with van der Waals surface area (Å²) >= 11 is 5.82. The Labute approximate surface area is 86.7 Å². The monoisotopic (exact) mass is 208 g/mol. The van der Waals surface area contributed by atoms with Gasteiger partial charge in [-0.15, -0.1) is 0 Å². The summed E-state index contributed by atoms with van der Waals surface area (Å²) in [5.74, 6) is -0.0787. The molecule has 1 fully saturated rings. The van der Waals surface area contributed by atoms with Crippen molar-refractivity contribution in [3.05, 3.63) is 40.4 Å². The maximum atomic E-state index is 11.2. The van der Waals surface area contributed by atoms with Crippen molar-refractivity contribution in [2.24, 2.45) is 0 Å². The summed E-state index contributed by atoms with van der Waals surface area (Å²) in [7, 11) is 0. The summed E-state index contributed by atoms with van der Waals surface area (Å²) in [5.41, 5.74) is 6.92. The van der Waals surface area contributed by atoms with Gasteiger partial charge in [-0.05, 0) is 23.8 Å². The Morgan fingerprint density at radius 1 is 1.43 bits per heavy atom. The molecule has 0 unspecified atom stereocenters. The molecule has 0 aliphatic carbocycles. The second-order valence-electron chi connectivity index (χ2n) is 3.03. The molecule has 1 saturated heterocycles. The maximum Gasteiger partial charge on any atom is 0.262 e. The first-order chi connectivity index (χ1) is 6.75. The van der Waals surface area contributed by atoms with E-state index in [4.69, 9.17) is 11.6 Å². The molecule has 0 radical (unpaired) electrons. The Morgan fingerprint density at radius 3 is 2.93 bits per heavy atom. The molecule has 1 aliphatic rings. The van der Waals surface area contributed by atoms with Crippen LogP contribution in [0.2, 0.25) is 5.02 Å². The summed E-state index contributed by atoms with van der Waals surface area (Å²) in [6, 6.07) is 7.39. The van der Waals surface area contributed by atoms with Crippen molar-refractivity contribution < 1.29 is 4.79 Å². The molecule has 1 aliphatic heterocycles. The molecular weight excluding hydrogens is 200 g/mol. The predicted molar refractivity (Wildman–Crippen MR) is 55.6 cm³/mol. The third-order valence-corrected chi connectivity index (χ3v) is 2.20. The van der Waals surface area contributed by atoms with Crippen molar-refractivity contribution >= 4 is 23.6 Å². The number of rotatable bonds is 1. The maximum absolute atomic E-state index is 11.2. The molecule has 1 aromatic rings. The molecule has 4 heteroatoms. The predicted octanol–water partition coefficient (Wildman–Crippen LogP) is 1.36. The summed E-state index contributed by atoms with van der Waals surface area (Å²) in [6.07, 6.45) is 1.82. The van der Waals surface area contributed by atoms with Gasteiger partial charge >= 0.3 is 0 Å². The lowest BCUT2D eigenvalue weighted by atomic mass is 10.1. The van der Waals surface area contributed by atoms with Crippen LogP contribution in [0.25, 0.3) is 6.08 Å². The van der Waals surface area contributed by atoms with Gasteiger partial charge in [0, 0.05) is 17.1 Å². The summed E-state index contributed by atoms with van der Waals surface area (Å²) in [6.45, 7) is 0.547. The Morgan fingerprint density at radius 2 is 2.29 bits per heavy atom. The molecule has 0 bridgehead atoms. The fourth-order valence-electron chi connectivity index (χ4n) is 1.29. The lowest BCUT2D eigenvalue weighted by Gasteiger charge is -1.95. The molecule has 0 saturated carbocycles. The summed E-state index contributed by atoms with van der Waals surface area (Å²) < 4.78 is 0. The van der Waals surface area contributed by atoms with E-state index in [0.29, 0.717) is 17.1 Å². The van der Waals surface area contributed by atoms with Gasteiger partial charge in [0.25, 0.3) is 5.91 Å². The van der Waals surface area contributed by atoms with Crippen molar-refractivity contribution in [3.8, 4) is 0 Å². The highest BCUT2D eigenvalue weighted by Gasteiger charge is 2.14. The van der Waals surface area contributed by atoms with Crippen LogP contribution in [0.3, 0.4) is 0 Å². The van der Waals surface area contributed by atoms with Crippen molar-refractivity contribution in [2.45, 2.75) is 0 Å². The molecule has 1 aromatic carbocycles. The van der Waals surface area contributed by atoms with E-state index in [2.05, 4.69) is 10.9 Å². The summed E-state index contributed by atoms with van der Waals surface area (Å²) in [4.78, 5) is 11.2. The molecule has 0 atom stereocenters. The Hall–Kier alpha value is -1.32. The number of hydrogen-bond acceptors (Lipinski definition) is 2. The van der Waals surface area contributed by atoms with Gasteiger partial charge in [-0.25, -0.2) is 5.43 Å². The third-order valence-electron chi connectivity index (χ3n) is 1.96. The average molecular weight is 209 g/mol. The molecule has 72 valence electrons. The molecule has 1 amide bonds. The van der Waals surface area contributed by atoms with Gasteiger partial charge in [0.05, 0.1) is 0 Å². The Bertz CT molecular complexity index is 401. The highest BCUT2D eigenvalue weighted by Crippen LogP contribution is 2.14. The van der Waals surface area contributed by atoms with E-state index in [-0.39, 0.29) is 5.91 Å². The largest absolute Gasteiger partial charge is 0.287 e. The Kier molecular flexibility index (Phi) is 2.52. The SMILES string of the molecule is O=C1NNC/C1=C\c1cccc(Cl)c1. The van der Waals surface area contributed by atoms with Crippen LogP contribution in [0.1, 0.15) is 5.56 Å². The zero-order valence-corrected chi connectivity index (χ0v) is 8.14. The third kappa shape index (κ3) is 1.95. The van der Waals surface area contributed by atoms with E-state index < -0.39 is 0 Å². The molecule has 2 N–H and O–H groups in total. The van der Waals surface area contributed by atoms with Crippen LogP contribution < -0.4 is 10.9 Å². The molecule has 0 spiro atoms. The highest BCUT2D eigenvalue weighted by molar-refractivity contribution is 6.30. The number of hydrogen-bond donors (Lipinski definition) is 2. The van der Waals surface area contributed by atoms with E-state index in [1.54, 1.807) is 6.07 Å². The normalized spacial score (nSPS) is 18.6. The number of carbonyl (C=O) groups is 1. The highest BCUT2D eigenvalue weighted by atomic mass is 35.5. The van der Waals surface area contributed by atoms with Gasteiger partial charge in [-0.2, -0.15) is 0 Å². The van der Waals surface area contributed by atoms with Crippen molar-refractivity contribution in [1.82, 2.24) is 10.9 Å². The van der Waals surface area contributed by atoms with Gasteiger partial charge < -0.3 is 0 Å². The quantitative estimate of drug-likeness (QED) is 0.685. The van der Waals surface area contributed by atoms with E-state index in [1.807, 2.05) is 24.3 Å². The number of carbonyl (C=O) groups excluding carboxylic acids is 1. The topological polar surface area (TPSA) is 41.1 Å². The fraction of sp³-hybridized carbons (Fsp3) is 0.100. The first-order valence-corrected chi connectivity index (χ1v) is 4.63. The van der Waals surface area contributed by atoms with Crippen molar-refractivity contribution in [2.75, 3.05) is 6.54 Å². The van der Waals surface area contributed by atoms with Gasteiger partial charge in [0.15, 0.2) is 0 Å². The van der Waals surface area contributed by atoms with E-state index in [0.717, 1.165) is 5.56 Å². The van der Waals surface area contributed by atoms with Crippen LogP contribution in [0.15, 0.2) is 29.8 Å². The van der Waals surface area contributed by atoms with Gasteiger partial charge in [-0.1, -0.05) is 23.7 Å². The van der Waals surface area contributed by atoms with Crippen LogP contribution in [0, 0.1) is 0 Å².